The van der Waals surface area contributed by atoms with Gasteiger partial charge >= 0.3 is 8.08 Å². The van der Waals surface area contributed by atoms with Gasteiger partial charge in [-0.3, -0.25) is 0 Å². The molecule has 0 spiro atoms. The molecule has 1 aliphatic rings. The first-order valence-electron chi connectivity index (χ1n) is 12.3. The van der Waals surface area contributed by atoms with E-state index in [2.05, 4.69) is 130 Å². The number of hydrogen-bond donors (Lipinski definition) is 0. The lowest BCUT2D eigenvalue weighted by Gasteiger charge is -2.54. The molecular formula is C24H54O2Si6. The Morgan fingerprint density at radius 2 is 1.22 bits per heavy atom. The largest absolute Gasteiger partial charge is 0.436 e. The minimum absolute atomic E-state index is 0.0387. The van der Waals surface area contributed by atoms with Gasteiger partial charge in [-0.15, -0.1) is 5.54 Å². The van der Waals surface area contributed by atoms with Gasteiger partial charge in [-0.25, -0.2) is 0 Å². The molecule has 2 nitrogen and oxygen atoms in total. The Hall–Kier alpha value is 0.521. The van der Waals surface area contributed by atoms with Crippen LogP contribution in [-0.4, -0.2) is 53.4 Å². The van der Waals surface area contributed by atoms with Crippen LogP contribution in [0.4, 0.5) is 0 Å². The highest BCUT2D eigenvalue weighted by Gasteiger charge is 2.72. The monoisotopic (exact) mass is 542 g/mol. The van der Waals surface area contributed by atoms with Crippen LogP contribution < -0.4 is 0 Å². The first-order valence-corrected chi connectivity index (χ1v) is 32.5. The standard InChI is InChI=1S/C24H54O2Si6/c1-23(2,3)24(29(10,11)12)21(19-20-27(4,5)6)22(28(7,8)9)32(25-24,31(16,17)18)26-30(13,14)15/h1-18H3/t24-,32+/m0/s1. The molecule has 0 fully saturated rings. The molecular weight excluding hydrogens is 489 g/mol. The van der Waals surface area contributed by atoms with Gasteiger partial charge in [0, 0.05) is 5.57 Å². The molecule has 186 valence electrons. The van der Waals surface area contributed by atoms with Gasteiger partial charge in [0.1, 0.15) is 15.7 Å². The van der Waals surface area contributed by atoms with Crippen LogP contribution in [0.2, 0.25) is 98.2 Å². The molecule has 0 bridgehead atoms. The third kappa shape index (κ3) is 5.83. The predicted octanol–water partition coefficient (Wildman–Crippen LogP) is 7.98. The van der Waals surface area contributed by atoms with Crippen molar-refractivity contribution in [2.45, 2.75) is 124 Å². The maximum absolute atomic E-state index is 7.87. The van der Waals surface area contributed by atoms with Crippen molar-refractivity contribution in [3.63, 3.8) is 0 Å². The molecule has 0 aromatic rings. The predicted molar refractivity (Wildman–Crippen MR) is 162 cm³/mol. The summed E-state index contributed by atoms with van der Waals surface area (Å²) in [5.74, 6) is 3.92. The quantitative estimate of drug-likeness (QED) is 0.259. The van der Waals surface area contributed by atoms with E-state index in [1.165, 1.54) is 5.57 Å². The van der Waals surface area contributed by atoms with Crippen molar-refractivity contribution in [2.75, 3.05) is 0 Å². The molecule has 0 N–H and O–H groups in total. The lowest BCUT2D eigenvalue weighted by Crippen LogP contribution is -2.72. The highest BCUT2D eigenvalue weighted by molar-refractivity contribution is 7.43. The summed E-state index contributed by atoms with van der Waals surface area (Å²) >= 11 is 0. The molecule has 32 heavy (non-hydrogen) atoms. The third-order valence-corrected chi connectivity index (χ3v) is 31.1. The fourth-order valence-corrected chi connectivity index (χ4v) is 40.8. The third-order valence-electron chi connectivity index (χ3n) is 6.09. The molecule has 1 rings (SSSR count). The second-order valence-corrected chi connectivity index (χ2v) is 49.3. The second-order valence-electron chi connectivity index (χ2n) is 15.9. The average molecular weight is 543 g/mol. The molecule has 1 heterocycles. The maximum atomic E-state index is 7.87. The van der Waals surface area contributed by atoms with Gasteiger partial charge in [-0.05, 0) is 29.9 Å². The van der Waals surface area contributed by atoms with Gasteiger partial charge in [0.2, 0.25) is 0 Å². The highest BCUT2D eigenvalue weighted by Crippen LogP contribution is 2.58. The summed E-state index contributed by atoms with van der Waals surface area (Å²) in [7, 11) is -11.6. The van der Waals surface area contributed by atoms with Crippen molar-refractivity contribution in [2.24, 2.45) is 5.41 Å². The van der Waals surface area contributed by atoms with Crippen LogP contribution in [0.25, 0.3) is 0 Å². The van der Waals surface area contributed by atoms with E-state index in [1.54, 1.807) is 4.82 Å². The minimum Gasteiger partial charge on any atom is -0.436 e. The van der Waals surface area contributed by atoms with E-state index in [9.17, 15) is 0 Å². The summed E-state index contributed by atoms with van der Waals surface area (Å²) in [4.78, 5) is 1.62. The van der Waals surface area contributed by atoms with Crippen LogP contribution in [0, 0.1) is 16.9 Å². The minimum atomic E-state index is -2.66. The lowest BCUT2D eigenvalue weighted by molar-refractivity contribution is 0.0597. The summed E-state index contributed by atoms with van der Waals surface area (Å²) in [6.07, 6.45) is 0. The Labute approximate surface area is 207 Å². The molecule has 0 saturated carbocycles. The SMILES string of the molecule is CC(C)(C)[C@]1([Si](C)(C)C)O[Si@](O[Si](C)(C)C)([Si](C)(C)C)C([Si](C)(C)C)=C1C#C[Si](C)(C)C. The zero-order valence-corrected chi connectivity index (χ0v) is 30.8. The topological polar surface area (TPSA) is 18.5 Å². The van der Waals surface area contributed by atoms with Crippen molar-refractivity contribution >= 4 is 48.2 Å². The van der Waals surface area contributed by atoms with E-state index in [4.69, 9.17) is 8.54 Å². The van der Waals surface area contributed by atoms with E-state index in [1.807, 2.05) is 0 Å². The van der Waals surface area contributed by atoms with Crippen molar-refractivity contribution in [3.05, 3.63) is 10.4 Å². The van der Waals surface area contributed by atoms with E-state index in [0.717, 1.165) is 0 Å². The molecule has 8 heteroatoms. The zero-order chi connectivity index (χ0) is 26.0. The Bertz CT molecular complexity index is 795. The van der Waals surface area contributed by atoms with Crippen LogP contribution in [-0.2, 0) is 8.54 Å². The summed E-state index contributed by atoms with van der Waals surface area (Å²) in [5, 5.41) is -0.311. The van der Waals surface area contributed by atoms with Crippen LogP contribution in [0.5, 0.6) is 0 Å². The normalized spacial score (nSPS) is 26.3. The van der Waals surface area contributed by atoms with Crippen molar-refractivity contribution < 1.29 is 8.54 Å². The van der Waals surface area contributed by atoms with Gasteiger partial charge in [0.05, 0.1) is 21.4 Å². The molecule has 0 radical (unpaired) electrons. The average Bonchev–Trinajstić information content (AvgIpc) is 2.73. The Morgan fingerprint density at radius 3 is 1.47 bits per heavy atom. The van der Waals surface area contributed by atoms with E-state index >= 15 is 0 Å². The van der Waals surface area contributed by atoms with Crippen molar-refractivity contribution in [3.8, 4) is 11.5 Å². The first-order chi connectivity index (χ1) is 13.6. The van der Waals surface area contributed by atoms with Crippen LogP contribution >= 0.6 is 0 Å². The lowest BCUT2D eigenvalue weighted by atomic mass is 9.84. The Balaban J connectivity index is 4.46. The summed E-state index contributed by atoms with van der Waals surface area (Å²) in [6, 6.07) is 0. The molecule has 0 saturated heterocycles. The highest BCUT2D eigenvalue weighted by atomic mass is 29.3. The van der Waals surface area contributed by atoms with E-state index < -0.39 is 48.2 Å². The summed E-state index contributed by atoms with van der Waals surface area (Å²) in [5.41, 5.74) is 5.15. The van der Waals surface area contributed by atoms with Crippen molar-refractivity contribution in [1.82, 2.24) is 0 Å². The van der Waals surface area contributed by atoms with Gasteiger partial charge in [0.15, 0.2) is 8.32 Å². The van der Waals surface area contributed by atoms with Crippen LogP contribution in [0.3, 0.4) is 0 Å². The van der Waals surface area contributed by atoms with E-state index in [-0.39, 0.29) is 10.6 Å². The van der Waals surface area contributed by atoms with Gasteiger partial charge in [-0.1, -0.05) is 105 Å². The molecule has 2 atom stereocenters. The molecule has 0 unspecified atom stereocenters. The zero-order valence-electron chi connectivity index (χ0n) is 24.8. The Morgan fingerprint density at radius 1 is 0.781 bits per heavy atom. The first kappa shape index (κ1) is 30.6. The van der Waals surface area contributed by atoms with Gasteiger partial charge < -0.3 is 8.54 Å². The fraction of sp³-hybridized carbons (Fsp3) is 0.833. The molecule has 0 amide bonds. The molecule has 0 aromatic heterocycles. The molecule has 0 aromatic carbocycles. The molecule has 0 aliphatic carbocycles. The number of rotatable bonds is 5. The van der Waals surface area contributed by atoms with Crippen LogP contribution in [0.1, 0.15) is 20.8 Å². The van der Waals surface area contributed by atoms with E-state index in [0.29, 0.717) is 0 Å². The number of hydrogen-bond acceptors (Lipinski definition) is 2. The molecule has 1 aliphatic heterocycles. The van der Waals surface area contributed by atoms with Crippen LogP contribution in [0.15, 0.2) is 10.4 Å². The maximum Gasteiger partial charge on any atom is 0.332 e. The van der Waals surface area contributed by atoms with Gasteiger partial charge in [0.25, 0.3) is 0 Å². The summed E-state index contributed by atoms with van der Waals surface area (Å²) < 4.78 is 15.3. The summed E-state index contributed by atoms with van der Waals surface area (Å²) in [6.45, 7) is 43.9. The smallest absolute Gasteiger partial charge is 0.332 e. The van der Waals surface area contributed by atoms with Crippen molar-refractivity contribution in [1.29, 1.82) is 0 Å². The fourth-order valence-electron chi connectivity index (χ4n) is 5.29. The second kappa shape index (κ2) is 8.57. The van der Waals surface area contributed by atoms with Gasteiger partial charge in [-0.2, -0.15) is 0 Å². The Kier molecular flexibility index (Phi) is 8.19.